The van der Waals surface area contributed by atoms with Gasteiger partial charge in [0.2, 0.25) is 0 Å². The summed E-state index contributed by atoms with van der Waals surface area (Å²) in [4.78, 5) is 13.2. The molecule has 0 saturated carbocycles. The highest BCUT2D eigenvalue weighted by atomic mass is 16.5. The first-order valence-electron chi connectivity index (χ1n) is 6.95. The standard InChI is InChI=1S/C15H21NO4/c1-12-11-16(7-9-19-12)6-3-8-20-14-5-2-4-13(10-14)15(17)18/h2,4-5,10,12H,3,6-9,11H2,1H3,(H,17,18). The summed E-state index contributed by atoms with van der Waals surface area (Å²) >= 11 is 0. The van der Waals surface area contributed by atoms with E-state index in [9.17, 15) is 4.79 Å². The predicted molar refractivity (Wildman–Crippen MR) is 75.4 cm³/mol. The van der Waals surface area contributed by atoms with Crippen LogP contribution in [0.2, 0.25) is 0 Å². The molecule has 1 unspecified atom stereocenters. The van der Waals surface area contributed by atoms with Crippen molar-refractivity contribution in [2.24, 2.45) is 0 Å². The zero-order chi connectivity index (χ0) is 14.4. The lowest BCUT2D eigenvalue weighted by Gasteiger charge is -2.30. The third-order valence-electron chi connectivity index (χ3n) is 3.29. The maximum atomic E-state index is 10.8. The summed E-state index contributed by atoms with van der Waals surface area (Å²) in [7, 11) is 0. The van der Waals surface area contributed by atoms with Gasteiger partial charge >= 0.3 is 5.97 Å². The van der Waals surface area contributed by atoms with Gasteiger partial charge in [0.25, 0.3) is 0 Å². The average Bonchev–Trinajstić information content (AvgIpc) is 2.44. The Morgan fingerprint density at radius 3 is 3.15 bits per heavy atom. The Labute approximate surface area is 119 Å². The second kappa shape index (κ2) is 7.26. The normalized spacial score (nSPS) is 19.8. The average molecular weight is 279 g/mol. The molecule has 0 aromatic heterocycles. The van der Waals surface area contributed by atoms with Crippen molar-refractivity contribution in [2.75, 3.05) is 32.8 Å². The Morgan fingerprint density at radius 1 is 1.55 bits per heavy atom. The summed E-state index contributed by atoms with van der Waals surface area (Å²) in [6, 6.07) is 6.59. The van der Waals surface area contributed by atoms with Crippen molar-refractivity contribution < 1.29 is 19.4 Å². The molecule has 2 rings (SSSR count). The smallest absolute Gasteiger partial charge is 0.335 e. The van der Waals surface area contributed by atoms with Crippen LogP contribution in [0.25, 0.3) is 0 Å². The van der Waals surface area contributed by atoms with Gasteiger partial charge < -0.3 is 14.6 Å². The summed E-state index contributed by atoms with van der Waals surface area (Å²) in [5.41, 5.74) is 0.254. The molecule has 1 aromatic rings. The number of ether oxygens (including phenoxy) is 2. The maximum Gasteiger partial charge on any atom is 0.335 e. The number of aromatic carboxylic acids is 1. The fourth-order valence-electron chi connectivity index (χ4n) is 2.29. The van der Waals surface area contributed by atoms with Crippen LogP contribution in [0.3, 0.4) is 0 Å². The van der Waals surface area contributed by atoms with Crippen LogP contribution in [0.1, 0.15) is 23.7 Å². The third-order valence-corrected chi connectivity index (χ3v) is 3.29. The van der Waals surface area contributed by atoms with E-state index in [-0.39, 0.29) is 5.56 Å². The second-order valence-electron chi connectivity index (χ2n) is 5.02. The van der Waals surface area contributed by atoms with E-state index in [0.717, 1.165) is 32.7 Å². The number of carboxylic acids is 1. The van der Waals surface area contributed by atoms with Crippen LogP contribution in [-0.2, 0) is 4.74 Å². The molecule has 0 radical (unpaired) electrons. The van der Waals surface area contributed by atoms with Gasteiger partial charge in [-0.05, 0) is 31.5 Å². The Bertz CT molecular complexity index is 449. The van der Waals surface area contributed by atoms with Crippen molar-refractivity contribution in [3.63, 3.8) is 0 Å². The highest BCUT2D eigenvalue weighted by molar-refractivity contribution is 5.87. The zero-order valence-electron chi connectivity index (χ0n) is 11.7. The van der Waals surface area contributed by atoms with Gasteiger partial charge in [-0.3, -0.25) is 4.90 Å². The van der Waals surface area contributed by atoms with Crippen LogP contribution in [0.5, 0.6) is 5.75 Å². The molecule has 0 aliphatic carbocycles. The zero-order valence-corrected chi connectivity index (χ0v) is 11.7. The number of benzene rings is 1. The first kappa shape index (κ1) is 14.8. The van der Waals surface area contributed by atoms with E-state index < -0.39 is 5.97 Å². The van der Waals surface area contributed by atoms with Gasteiger partial charge in [0.05, 0.1) is 24.9 Å². The first-order valence-corrected chi connectivity index (χ1v) is 6.95. The molecule has 110 valence electrons. The van der Waals surface area contributed by atoms with E-state index in [0.29, 0.717) is 18.5 Å². The molecule has 1 aliphatic rings. The largest absolute Gasteiger partial charge is 0.494 e. The SMILES string of the molecule is CC1CN(CCCOc2cccc(C(=O)O)c2)CCO1. The minimum Gasteiger partial charge on any atom is -0.494 e. The Morgan fingerprint density at radius 2 is 2.40 bits per heavy atom. The number of rotatable bonds is 6. The van der Waals surface area contributed by atoms with Gasteiger partial charge in [0.1, 0.15) is 5.75 Å². The molecule has 0 bridgehead atoms. The molecule has 1 fully saturated rings. The van der Waals surface area contributed by atoms with E-state index >= 15 is 0 Å². The van der Waals surface area contributed by atoms with Crippen molar-refractivity contribution in [3.05, 3.63) is 29.8 Å². The number of hydrogen-bond donors (Lipinski definition) is 1. The van der Waals surface area contributed by atoms with Gasteiger partial charge in [-0.2, -0.15) is 0 Å². The number of hydrogen-bond acceptors (Lipinski definition) is 4. The van der Waals surface area contributed by atoms with Gasteiger partial charge in [0, 0.05) is 19.6 Å². The molecule has 5 nitrogen and oxygen atoms in total. The lowest BCUT2D eigenvalue weighted by Crippen LogP contribution is -2.41. The molecule has 1 heterocycles. The fourth-order valence-corrected chi connectivity index (χ4v) is 2.29. The minimum absolute atomic E-state index is 0.254. The number of nitrogens with zero attached hydrogens (tertiary/aromatic N) is 1. The van der Waals surface area contributed by atoms with Crippen molar-refractivity contribution in [3.8, 4) is 5.75 Å². The number of carboxylic acid groups (broad SMARTS) is 1. The number of carbonyl (C=O) groups is 1. The third kappa shape index (κ3) is 4.51. The van der Waals surface area contributed by atoms with E-state index in [1.807, 2.05) is 0 Å². The van der Waals surface area contributed by atoms with Crippen molar-refractivity contribution >= 4 is 5.97 Å². The lowest BCUT2D eigenvalue weighted by molar-refractivity contribution is -0.0193. The first-order chi connectivity index (χ1) is 9.65. The number of morpholine rings is 1. The van der Waals surface area contributed by atoms with E-state index in [2.05, 4.69) is 11.8 Å². The highest BCUT2D eigenvalue weighted by Gasteiger charge is 2.15. The van der Waals surface area contributed by atoms with Gasteiger partial charge in [-0.25, -0.2) is 4.79 Å². The van der Waals surface area contributed by atoms with Crippen LogP contribution in [0, 0.1) is 0 Å². The Kier molecular flexibility index (Phi) is 5.38. The molecule has 1 saturated heterocycles. The molecule has 1 aromatic carbocycles. The quantitative estimate of drug-likeness (QED) is 0.806. The van der Waals surface area contributed by atoms with Gasteiger partial charge in [-0.1, -0.05) is 6.07 Å². The van der Waals surface area contributed by atoms with Crippen LogP contribution >= 0.6 is 0 Å². The summed E-state index contributed by atoms with van der Waals surface area (Å²) in [5.74, 6) is -0.321. The molecule has 1 aliphatic heterocycles. The minimum atomic E-state index is -0.933. The summed E-state index contributed by atoms with van der Waals surface area (Å²) < 4.78 is 11.1. The molecule has 1 atom stereocenters. The molecule has 5 heteroatoms. The van der Waals surface area contributed by atoms with Gasteiger partial charge in [-0.15, -0.1) is 0 Å². The predicted octanol–water partition coefficient (Wildman–Crippen LogP) is 1.87. The molecule has 1 N–H and O–H groups in total. The molecule has 0 amide bonds. The Balaban J connectivity index is 1.70. The van der Waals surface area contributed by atoms with Crippen molar-refractivity contribution in [1.82, 2.24) is 4.90 Å². The highest BCUT2D eigenvalue weighted by Crippen LogP contribution is 2.13. The van der Waals surface area contributed by atoms with E-state index in [4.69, 9.17) is 14.6 Å². The second-order valence-corrected chi connectivity index (χ2v) is 5.02. The summed E-state index contributed by atoms with van der Waals surface area (Å²) in [6.07, 6.45) is 1.22. The molecular formula is C15H21NO4. The monoisotopic (exact) mass is 279 g/mol. The fraction of sp³-hybridized carbons (Fsp3) is 0.533. The molecule has 0 spiro atoms. The maximum absolute atomic E-state index is 10.8. The lowest BCUT2D eigenvalue weighted by atomic mass is 10.2. The molecular weight excluding hydrogens is 258 g/mol. The van der Waals surface area contributed by atoms with Crippen LogP contribution < -0.4 is 4.74 Å². The van der Waals surface area contributed by atoms with E-state index in [1.54, 1.807) is 24.3 Å². The van der Waals surface area contributed by atoms with E-state index in [1.165, 1.54) is 0 Å². The molecule has 20 heavy (non-hydrogen) atoms. The van der Waals surface area contributed by atoms with Crippen molar-refractivity contribution in [1.29, 1.82) is 0 Å². The van der Waals surface area contributed by atoms with Crippen molar-refractivity contribution in [2.45, 2.75) is 19.4 Å². The van der Waals surface area contributed by atoms with Crippen LogP contribution in [-0.4, -0.2) is 54.9 Å². The summed E-state index contributed by atoms with van der Waals surface area (Å²) in [6.45, 7) is 6.39. The topological polar surface area (TPSA) is 59.0 Å². The Hall–Kier alpha value is -1.59. The van der Waals surface area contributed by atoms with Crippen LogP contribution in [0.4, 0.5) is 0 Å². The van der Waals surface area contributed by atoms with Crippen LogP contribution in [0.15, 0.2) is 24.3 Å². The summed E-state index contributed by atoms with van der Waals surface area (Å²) in [5, 5.41) is 8.90. The van der Waals surface area contributed by atoms with Gasteiger partial charge in [0.15, 0.2) is 0 Å².